The summed E-state index contributed by atoms with van der Waals surface area (Å²) in [6.07, 6.45) is -0.0846. The molecule has 0 heterocycles. The van der Waals surface area contributed by atoms with Crippen molar-refractivity contribution in [2.45, 2.75) is 32.7 Å². The SMILES string of the molecule is C=C(C)CN(CC)C(=O)N[C@@H](CCC(=O)OC)C(=O)O. The van der Waals surface area contributed by atoms with Crippen LogP contribution in [0.5, 0.6) is 0 Å². The summed E-state index contributed by atoms with van der Waals surface area (Å²) in [6.45, 7) is 8.06. The molecule has 0 radical (unpaired) electrons. The second kappa shape index (κ2) is 8.95. The van der Waals surface area contributed by atoms with Crippen molar-refractivity contribution < 1.29 is 24.2 Å². The molecule has 7 heteroatoms. The summed E-state index contributed by atoms with van der Waals surface area (Å²) < 4.78 is 4.44. The van der Waals surface area contributed by atoms with Crippen LogP contribution in [0.4, 0.5) is 4.79 Å². The van der Waals surface area contributed by atoms with Gasteiger partial charge in [0, 0.05) is 19.5 Å². The molecule has 0 saturated carbocycles. The molecule has 0 bridgehead atoms. The van der Waals surface area contributed by atoms with Gasteiger partial charge in [0.05, 0.1) is 7.11 Å². The maximum atomic E-state index is 11.9. The van der Waals surface area contributed by atoms with Crippen LogP contribution in [0, 0.1) is 0 Å². The van der Waals surface area contributed by atoms with Crippen LogP contribution in [-0.4, -0.2) is 54.2 Å². The first kappa shape index (κ1) is 17.9. The van der Waals surface area contributed by atoms with E-state index in [0.717, 1.165) is 5.57 Å². The highest BCUT2D eigenvalue weighted by atomic mass is 16.5. The van der Waals surface area contributed by atoms with E-state index in [9.17, 15) is 14.4 Å². The van der Waals surface area contributed by atoms with Crippen LogP contribution < -0.4 is 5.32 Å². The van der Waals surface area contributed by atoms with Gasteiger partial charge in [-0.15, -0.1) is 0 Å². The van der Waals surface area contributed by atoms with Gasteiger partial charge in [-0.2, -0.15) is 0 Å². The number of amides is 2. The summed E-state index contributed by atoms with van der Waals surface area (Å²) in [6, 6.07) is -1.62. The molecule has 2 N–H and O–H groups in total. The minimum absolute atomic E-state index is 0.0155. The summed E-state index contributed by atoms with van der Waals surface area (Å²) >= 11 is 0. The van der Waals surface area contributed by atoms with Crippen LogP contribution in [0.2, 0.25) is 0 Å². The van der Waals surface area contributed by atoms with Gasteiger partial charge in [0.2, 0.25) is 0 Å². The van der Waals surface area contributed by atoms with Crippen molar-refractivity contribution in [1.29, 1.82) is 0 Å². The lowest BCUT2D eigenvalue weighted by atomic mass is 10.1. The Bertz CT molecular complexity index is 381. The zero-order valence-electron chi connectivity index (χ0n) is 12.1. The number of hydrogen-bond donors (Lipinski definition) is 2. The van der Waals surface area contributed by atoms with Gasteiger partial charge in [0.15, 0.2) is 0 Å². The molecule has 7 nitrogen and oxygen atoms in total. The molecule has 0 aromatic carbocycles. The first-order valence-corrected chi connectivity index (χ1v) is 6.31. The number of esters is 1. The Morgan fingerprint density at radius 2 is 2.00 bits per heavy atom. The van der Waals surface area contributed by atoms with Gasteiger partial charge in [-0.05, 0) is 20.3 Å². The van der Waals surface area contributed by atoms with Crippen LogP contribution in [0.1, 0.15) is 26.7 Å². The molecule has 0 rings (SSSR count). The van der Waals surface area contributed by atoms with Gasteiger partial charge in [-0.1, -0.05) is 12.2 Å². The average Bonchev–Trinajstić information content (AvgIpc) is 2.39. The highest BCUT2D eigenvalue weighted by Crippen LogP contribution is 2.02. The molecular formula is C13H22N2O5. The molecule has 0 spiro atoms. The summed E-state index contributed by atoms with van der Waals surface area (Å²) in [5.74, 6) is -1.70. The summed E-state index contributed by atoms with van der Waals surface area (Å²) in [7, 11) is 1.22. The highest BCUT2D eigenvalue weighted by molar-refractivity contribution is 5.83. The van der Waals surface area contributed by atoms with Crippen molar-refractivity contribution in [3.63, 3.8) is 0 Å². The van der Waals surface area contributed by atoms with E-state index in [2.05, 4.69) is 16.6 Å². The molecule has 0 aliphatic heterocycles. The average molecular weight is 286 g/mol. The van der Waals surface area contributed by atoms with E-state index in [1.165, 1.54) is 12.0 Å². The molecule has 1 atom stereocenters. The predicted octanol–water partition coefficient (Wildman–Crippen LogP) is 1.00. The van der Waals surface area contributed by atoms with Crippen LogP contribution >= 0.6 is 0 Å². The smallest absolute Gasteiger partial charge is 0.326 e. The number of urea groups is 1. The fraction of sp³-hybridized carbons (Fsp3) is 0.615. The second-order valence-corrected chi connectivity index (χ2v) is 4.43. The Hall–Kier alpha value is -2.05. The Kier molecular flexibility index (Phi) is 8.03. The number of rotatable bonds is 8. The van der Waals surface area contributed by atoms with Crippen molar-refractivity contribution >= 4 is 18.0 Å². The summed E-state index contributed by atoms with van der Waals surface area (Å²) in [4.78, 5) is 35.5. The van der Waals surface area contributed by atoms with Crippen molar-refractivity contribution in [2.75, 3.05) is 20.2 Å². The third kappa shape index (κ3) is 6.77. The van der Waals surface area contributed by atoms with E-state index in [4.69, 9.17) is 5.11 Å². The number of methoxy groups -OCH3 is 1. The minimum atomic E-state index is -1.19. The zero-order chi connectivity index (χ0) is 15.7. The van der Waals surface area contributed by atoms with Gasteiger partial charge in [-0.3, -0.25) is 4.79 Å². The van der Waals surface area contributed by atoms with E-state index < -0.39 is 24.0 Å². The van der Waals surface area contributed by atoms with Crippen molar-refractivity contribution in [3.05, 3.63) is 12.2 Å². The summed E-state index contributed by atoms with van der Waals surface area (Å²) in [5, 5.41) is 11.4. The molecule has 114 valence electrons. The number of hydrogen-bond acceptors (Lipinski definition) is 4. The van der Waals surface area contributed by atoms with E-state index >= 15 is 0 Å². The fourth-order valence-corrected chi connectivity index (χ4v) is 1.51. The third-order valence-corrected chi connectivity index (χ3v) is 2.59. The number of likely N-dealkylation sites (N-methyl/N-ethyl adjacent to an activating group) is 1. The number of carbonyl (C=O) groups is 3. The first-order chi connectivity index (χ1) is 9.31. The van der Waals surface area contributed by atoms with Crippen molar-refractivity contribution in [2.24, 2.45) is 0 Å². The molecule has 0 aromatic rings. The van der Waals surface area contributed by atoms with Gasteiger partial charge >= 0.3 is 18.0 Å². The normalized spacial score (nSPS) is 11.3. The minimum Gasteiger partial charge on any atom is -0.480 e. The lowest BCUT2D eigenvalue weighted by Crippen LogP contribution is -2.48. The maximum absolute atomic E-state index is 11.9. The Morgan fingerprint density at radius 1 is 1.40 bits per heavy atom. The van der Waals surface area contributed by atoms with Gasteiger partial charge < -0.3 is 20.1 Å². The topological polar surface area (TPSA) is 95.9 Å². The van der Waals surface area contributed by atoms with Crippen LogP contribution in [-0.2, 0) is 14.3 Å². The number of nitrogens with zero attached hydrogens (tertiary/aromatic N) is 1. The molecule has 0 aromatic heterocycles. The molecular weight excluding hydrogens is 264 g/mol. The van der Waals surface area contributed by atoms with E-state index in [1.54, 1.807) is 13.8 Å². The van der Waals surface area contributed by atoms with Gasteiger partial charge in [0.1, 0.15) is 6.04 Å². The summed E-state index contributed by atoms with van der Waals surface area (Å²) in [5.41, 5.74) is 0.795. The Morgan fingerprint density at radius 3 is 2.40 bits per heavy atom. The molecule has 0 fully saturated rings. The van der Waals surface area contributed by atoms with Crippen LogP contribution in [0.3, 0.4) is 0 Å². The second-order valence-electron chi connectivity index (χ2n) is 4.43. The van der Waals surface area contributed by atoms with E-state index in [1.807, 2.05) is 0 Å². The molecule has 0 unspecified atom stereocenters. The lowest BCUT2D eigenvalue weighted by Gasteiger charge is -2.24. The van der Waals surface area contributed by atoms with Crippen LogP contribution in [0.15, 0.2) is 12.2 Å². The standard InChI is InChI=1S/C13H22N2O5/c1-5-15(8-9(2)3)13(19)14-10(12(17)18)6-7-11(16)20-4/h10H,2,5-8H2,1,3-4H3,(H,14,19)(H,17,18)/t10-/m0/s1. The zero-order valence-corrected chi connectivity index (χ0v) is 12.1. The van der Waals surface area contributed by atoms with Crippen LogP contribution in [0.25, 0.3) is 0 Å². The number of carboxylic acids is 1. The largest absolute Gasteiger partial charge is 0.480 e. The molecule has 20 heavy (non-hydrogen) atoms. The number of nitrogens with one attached hydrogen (secondary N) is 1. The van der Waals surface area contributed by atoms with E-state index in [-0.39, 0.29) is 12.8 Å². The Labute approximate surface area is 118 Å². The number of aliphatic carboxylic acids is 1. The number of carboxylic acid groups (broad SMARTS) is 1. The molecule has 0 saturated heterocycles. The Balaban J connectivity index is 4.56. The van der Waals surface area contributed by atoms with Gasteiger partial charge in [-0.25, -0.2) is 9.59 Å². The van der Waals surface area contributed by atoms with E-state index in [0.29, 0.717) is 13.1 Å². The number of carbonyl (C=O) groups excluding carboxylic acids is 2. The van der Waals surface area contributed by atoms with Crippen molar-refractivity contribution in [3.8, 4) is 0 Å². The predicted molar refractivity (Wildman–Crippen MR) is 73.3 cm³/mol. The third-order valence-electron chi connectivity index (χ3n) is 2.59. The highest BCUT2D eigenvalue weighted by Gasteiger charge is 2.23. The monoisotopic (exact) mass is 286 g/mol. The maximum Gasteiger partial charge on any atom is 0.326 e. The molecule has 0 aliphatic rings. The molecule has 0 aliphatic carbocycles. The number of ether oxygens (including phenoxy) is 1. The fourth-order valence-electron chi connectivity index (χ4n) is 1.51. The molecule has 2 amide bonds. The first-order valence-electron chi connectivity index (χ1n) is 6.31. The van der Waals surface area contributed by atoms with Gasteiger partial charge in [0.25, 0.3) is 0 Å². The van der Waals surface area contributed by atoms with Crippen molar-refractivity contribution in [1.82, 2.24) is 10.2 Å². The lowest BCUT2D eigenvalue weighted by molar-refractivity contribution is -0.142. The quantitative estimate of drug-likeness (QED) is 0.512.